The van der Waals surface area contributed by atoms with E-state index >= 15 is 0 Å². The van der Waals surface area contributed by atoms with Gasteiger partial charge in [0, 0.05) is 43.0 Å². The van der Waals surface area contributed by atoms with Crippen molar-refractivity contribution in [2.45, 2.75) is 186 Å². The largest absolute Gasteiger partial charge is 0.508 e. The van der Waals surface area contributed by atoms with E-state index in [0.29, 0.717) is 17.0 Å². The third-order valence-corrected chi connectivity index (χ3v) is 14.2. The van der Waals surface area contributed by atoms with Crippen molar-refractivity contribution in [2.75, 3.05) is 13.2 Å². The van der Waals surface area contributed by atoms with Crippen molar-refractivity contribution in [3.63, 3.8) is 0 Å². The van der Waals surface area contributed by atoms with Crippen LogP contribution in [0.15, 0.2) is 49.3 Å². The molecule has 2 heterocycles. The summed E-state index contributed by atoms with van der Waals surface area (Å²) in [5.41, 5.74) is 12.1. The predicted octanol–water partition coefficient (Wildman–Crippen LogP) is -5.97. The van der Waals surface area contributed by atoms with Crippen molar-refractivity contribution in [1.29, 1.82) is 0 Å². The zero-order chi connectivity index (χ0) is 70.7. The van der Waals surface area contributed by atoms with Crippen LogP contribution in [-0.2, 0) is 81.6 Å². The zero-order valence-corrected chi connectivity index (χ0v) is 53.8. The molecular formula is C59H91N17O18. The van der Waals surface area contributed by atoms with Crippen LogP contribution in [0.5, 0.6) is 5.75 Å². The first-order valence-corrected chi connectivity index (χ1v) is 30.4. The summed E-state index contributed by atoms with van der Waals surface area (Å²) in [5, 5.41) is 77.9. The third-order valence-electron chi connectivity index (χ3n) is 14.2. The number of carboxylic acids is 1. The molecule has 2 aromatic heterocycles. The number of phenolic OH excluding ortho intramolecular Hbond substituents is 1. The summed E-state index contributed by atoms with van der Waals surface area (Å²) < 4.78 is 0. The van der Waals surface area contributed by atoms with Crippen LogP contribution in [0.25, 0.3) is 0 Å². The molecule has 0 saturated heterocycles. The highest BCUT2D eigenvalue weighted by Crippen LogP contribution is 2.15. The molecule has 3 rings (SSSR count). The van der Waals surface area contributed by atoms with E-state index in [4.69, 9.17) is 11.5 Å². The van der Waals surface area contributed by atoms with Gasteiger partial charge in [0.05, 0.1) is 44.4 Å². The molecule has 94 heavy (non-hydrogen) atoms. The maximum atomic E-state index is 14.4. The van der Waals surface area contributed by atoms with Gasteiger partial charge in [0.15, 0.2) is 0 Å². The van der Waals surface area contributed by atoms with Gasteiger partial charge in [-0.15, -0.1) is 0 Å². The van der Waals surface area contributed by atoms with Crippen molar-refractivity contribution in [1.82, 2.24) is 78.4 Å². The Morgan fingerprint density at radius 1 is 0.457 bits per heavy atom. The van der Waals surface area contributed by atoms with Gasteiger partial charge in [0.2, 0.25) is 70.9 Å². The van der Waals surface area contributed by atoms with Crippen molar-refractivity contribution in [3.8, 4) is 5.75 Å². The highest BCUT2D eigenvalue weighted by Gasteiger charge is 2.38. The molecular weight excluding hydrogens is 1230 g/mol. The smallest absolute Gasteiger partial charge is 0.326 e. The summed E-state index contributed by atoms with van der Waals surface area (Å²) in [4.78, 5) is 189. The molecule has 22 N–H and O–H groups in total. The first-order chi connectivity index (χ1) is 44.1. The van der Waals surface area contributed by atoms with Crippen LogP contribution in [-0.4, -0.2) is 214 Å². The van der Waals surface area contributed by atoms with Crippen molar-refractivity contribution >= 4 is 76.9 Å². The second kappa shape index (κ2) is 38.4. The summed E-state index contributed by atoms with van der Waals surface area (Å²) in [6.45, 7) is 12.2. The van der Waals surface area contributed by atoms with E-state index < -0.39 is 175 Å². The molecule has 13 atom stereocenters. The molecule has 0 aliphatic rings. The number of nitrogens with one attached hydrogen (secondary N) is 13. The number of H-pyrrole nitrogens is 2. The Hall–Kier alpha value is -9.61. The summed E-state index contributed by atoms with van der Waals surface area (Å²) in [7, 11) is 0. The number of benzene rings is 1. The van der Waals surface area contributed by atoms with Crippen molar-refractivity contribution < 1.29 is 87.9 Å². The van der Waals surface area contributed by atoms with E-state index in [1.54, 1.807) is 41.5 Å². The van der Waals surface area contributed by atoms with Crippen LogP contribution in [0.1, 0.15) is 105 Å². The maximum absolute atomic E-state index is 14.4. The Labute approximate surface area is 541 Å². The van der Waals surface area contributed by atoms with Crippen LogP contribution in [0.2, 0.25) is 0 Å². The fraction of sp³-hybridized carbons (Fsp3) is 0.576. The average molecular weight is 1330 g/mol. The maximum Gasteiger partial charge on any atom is 0.326 e. The number of aliphatic hydroxyl groups is 3. The van der Waals surface area contributed by atoms with Gasteiger partial charge in [-0.2, -0.15) is 0 Å². The van der Waals surface area contributed by atoms with Gasteiger partial charge in [0.1, 0.15) is 72.2 Å². The summed E-state index contributed by atoms with van der Waals surface area (Å²) >= 11 is 0. The van der Waals surface area contributed by atoms with Gasteiger partial charge in [0.25, 0.3) is 0 Å². The number of rotatable bonds is 40. The molecule has 0 spiro atoms. The Kier molecular flexibility index (Phi) is 32.1. The monoisotopic (exact) mass is 1330 g/mol. The molecule has 0 radical (unpaired) electrons. The lowest BCUT2D eigenvalue weighted by Crippen LogP contribution is -2.63. The van der Waals surface area contributed by atoms with Gasteiger partial charge in [-0.25, -0.2) is 14.8 Å². The minimum Gasteiger partial charge on any atom is -0.508 e. The average Bonchev–Trinajstić information content (AvgIpc) is 1.23. The lowest BCUT2D eigenvalue weighted by molar-refractivity contribution is -0.142. The van der Waals surface area contributed by atoms with E-state index in [0.717, 1.165) is 20.8 Å². The van der Waals surface area contributed by atoms with Crippen LogP contribution in [0.3, 0.4) is 0 Å². The number of hydrogen-bond donors (Lipinski definition) is 20. The minimum atomic E-state index is -1.95. The molecule has 0 bridgehead atoms. The highest BCUT2D eigenvalue weighted by atomic mass is 16.4. The molecule has 35 heteroatoms. The molecule has 0 saturated carbocycles. The number of hydrogen-bond acceptors (Lipinski definition) is 20. The summed E-state index contributed by atoms with van der Waals surface area (Å²) in [5.74, 6) is -14.6. The Morgan fingerprint density at radius 3 is 1.22 bits per heavy atom. The molecule has 3 aromatic rings. The molecule has 0 unspecified atom stereocenters. The number of carbonyl (C=O) groups is 13. The van der Waals surface area contributed by atoms with Crippen LogP contribution in [0.4, 0.5) is 0 Å². The number of nitrogens with two attached hydrogens (primary N) is 2. The van der Waals surface area contributed by atoms with Crippen molar-refractivity contribution in [3.05, 3.63) is 66.3 Å². The molecule has 12 amide bonds. The summed E-state index contributed by atoms with van der Waals surface area (Å²) in [6.07, 6.45) is 0.361. The van der Waals surface area contributed by atoms with Gasteiger partial charge < -0.3 is 105 Å². The Bertz CT molecular complexity index is 3040. The molecule has 0 aliphatic carbocycles. The Morgan fingerprint density at radius 2 is 0.819 bits per heavy atom. The molecule has 0 aliphatic heterocycles. The van der Waals surface area contributed by atoms with E-state index in [-0.39, 0.29) is 62.0 Å². The number of carboxylic acid groups (broad SMARTS) is 1. The van der Waals surface area contributed by atoms with E-state index in [1.165, 1.54) is 49.3 Å². The van der Waals surface area contributed by atoms with Crippen LogP contribution >= 0.6 is 0 Å². The lowest BCUT2D eigenvalue weighted by atomic mass is 9.99. The summed E-state index contributed by atoms with van der Waals surface area (Å²) in [6, 6.07) is -12.1. The zero-order valence-electron chi connectivity index (χ0n) is 53.8. The minimum absolute atomic E-state index is 0.0104. The second-order valence-electron chi connectivity index (χ2n) is 23.9. The molecule has 0 fully saturated rings. The number of aromatic nitrogens is 4. The first-order valence-electron chi connectivity index (χ1n) is 30.4. The fourth-order valence-electron chi connectivity index (χ4n) is 9.29. The lowest BCUT2D eigenvalue weighted by Gasteiger charge is -2.29. The first kappa shape index (κ1) is 78.6. The number of nitrogens with zero attached hydrogens (tertiary/aromatic N) is 2. The van der Waals surface area contributed by atoms with Gasteiger partial charge >= 0.3 is 5.97 Å². The SMILES string of the molecule is CC(C)C[C@H](NC(=O)CN)C(=O)N[C@@H](Cc1cnc[nH]1)C(=O)N[C@H](C(=O)N[C@@H](CO)C(=O)N[C@@H](C)C(=O)N[C@H](C(=O)N[C@@H](CC(N)=O)C(=O)N[C@@H](CC(C)C)C(=O)N[C@@H](Cc1ccc(O)cc1)C(=O)N[C@@H](CC(C)C)C(=O)N[C@@H](Cc1cnc[nH]1)C(=O)O)[C@@H](C)O)[C@@H](C)O. The standard InChI is InChI=1S/C59H91N17O18/c1-27(2)14-37(67-46(82)21-60)50(84)71-41(18-34-22-62-25-64-34)55(89)76-48(32(9)79)58(92)74-44(24-77)56(90)66-30(7)49(83)75-47(31(8)78)57(91)72-42(20-45(61)81)54(88)69-38(15-28(3)4)51(85)70-40(17-33-10-12-36(80)13-11-33)53(87)68-39(16-29(5)6)52(86)73-43(59(93)94)19-35-23-63-26-65-35/h10-13,22-23,25-32,37-44,47-48,77-80H,14-21,24,60H2,1-9H3,(H2,61,81)(H,62,64)(H,63,65)(H,66,90)(H,67,82)(H,68,87)(H,69,88)(H,70,85)(H,71,84)(H,72,91)(H,73,86)(H,74,92)(H,75,83)(H,76,89)(H,93,94)/t30-,31+,32+,37-,38-,39-,40-,41-,42-,43-,44-,47-,48-/m0/s1. The second-order valence-corrected chi connectivity index (χ2v) is 23.9. The number of aromatic hydroxyl groups is 1. The Balaban J connectivity index is 1.80. The van der Waals surface area contributed by atoms with Crippen LogP contribution in [0, 0.1) is 17.8 Å². The number of aliphatic carboxylic acids is 1. The quantitative estimate of drug-likeness (QED) is 0.0252. The number of aliphatic hydroxyl groups excluding tert-OH is 3. The molecule has 520 valence electrons. The van der Waals surface area contributed by atoms with Crippen molar-refractivity contribution in [2.24, 2.45) is 29.2 Å². The van der Waals surface area contributed by atoms with Crippen LogP contribution < -0.4 is 70.0 Å². The van der Waals surface area contributed by atoms with E-state index in [1.807, 2.05) is 0 Å². The van der Waals surface area contributed by atoms with Gasteiger partial charge in [-0.05, 0) is 75.5 Å². The third kappa shape index (κ3) is 26.9. The predicted molar refractivity (Wildman–Crippen MR) is 333 cm³/mol. The molecule has 35 nitrogen and oxygen atoms in total. The highest BCUT2D eigenvalue weighted by molar-refractivity contribution is 6.00. The van der Waals surface area contributed by atoms with Gasteiger partial charge in [-0.1, -0.05) is 53.7 Å². The van der Waals surface area contributed by atoms with E-state index in [9.17, 15) is 87.9 Å². The number of carbonyl (C=O) groups excluding carboxylic acids is 12. The number of amides is 12. The molecule has 1 aromatic carbocycles. The van der Waals surface area contributed by atoms with E-state index in [2.05, 4.69) is 78.4 Å². The topological polar surface area (TPSA) is 565 Å². The number of primary amides is 1. The number of phenols is 1. The normalized spacial score (nSPS) is 15.4. The number of imidazole rings is 2. The van der Waals surface area contributed by atoms with Gasteiger partial charge in [-0.3, -0.25) is 57.5 Å². The fourth-order valence-corrected chi connectivity index (χ4v) is 9.29. The number of aromatic amines is 2.